The number of hydrogen-bond donors (Lipinski definition) is 0. The van der Waals surface area contributed by atoms with Crippen molar-refractivity contribution < 1.29 is 9.18 Å². The largest absolute Gasteiger partial charge is 0.287 e. The van der Waals surface area contributed by atoms with E-state index in [0.717, 1.165) is 27.1 Å². The summed E-state index contributed by atoms with van der Waals surface area (Å²) in [4.78, 5) is 17.4. The average molecular weight is 393 g/mol. The van der Waals surface area contributed by atoms with Gasteiger partial charge in [-0.15, -0.1) is 0 Å². The number of halogens is 1. The molecule has 144 valence electrons. The maximum Gasteiger partial charge on any atom is 0.211 e. The van der Waals surface area contributed by atoms with Crippen molar-refractivity contribution in [2.45, 2.75) is 0 Å². The fraction of sp³-hybridized carbons (Fsp3) is 0. The van der Waals surface area contributed by atoms with Crippen molar-refractivity contribution in [3.63, 3.8) is 0 Å². The second kappa shape index (κ2) is 7.37. The summed E-state index contributed by atoms with van der Waals surface area (Å²) >= 11 is 0. The molecular formula is C25H16FN3O. The first kappa shape index (κ1) is 17.9. The van der Waals surface area contributed by atoms with Crippen LogP contribution in [-0.4, -0.2) is 20.5 Å². The second-order valence-electron chi connectivity index (χ2n) is 6.94. The number of ketones is 1. The van der Waals surface area contributed by atoms with Gasteiger partial charge in [0.1, 0.15) is 24.2 Å². The highest BCUT2D eigenvalue weighted by Crippen LogP contribution is 2.31. The molecule has 5 heteroatoms. The summed E-state index contributed by atoms with van der Waals surface area (Å²) in [5.74, 6) is -0.657. The number of carbonyl (C=O) groups excluding carboxylic acids is 1. The quantitative estimate of drug-likeness (QED) is 0.227. The van der Waals surface area contributed by atoms with E-state index in [-0.39, 0.29) is 5.78 Å². The lowest BCUT2D eigenvalue weighted by atomic mass is 9.95. The molecule has 0 radical (unpaired) electrons. The van der Waals surface area contributed by atoms with Crippen LogP contribution >= 0.6 is 0 Å². The molecule has 0 atom stereocenters. The summed E-state index contributed by atoms with van der Waals surface area (Å²) in [5.41, 5.74) is 1.63. The number of aromatic nitrogens is 3. The average Bonchev–Trinajstić information content (AvgIpc) is 3.31. The van der Waals surface area contributed by atoms with Gasteiger partial charge in [-0.2, -0.15) is 5.10 Å². The van der Waals surface area contributed by atoms with Crippen molar-refractivity contribution >= 4 is 39.1 Å². The van der Waals surface area contributed by atoms with E-state index in [1.54, 1.807) is 0 Å². The Bertz CT molecular complexity index is 1350. The first-order valence-electron chi connectivity index (χ1n) is 9.48. The van der Waals surface area contributed by atoms with Crippen LogP contribution in [0.3, 0.4) is 0 Å². The lowest BCUT2D eigenvalue weighted by Crippen LogP contribution is -2.10. The highest BCUT2D eigenvalue weighted by atomic mass is 19.1. The van der Waals surface area contributed by atoms with E-state index >= 15 is 0 Å². The Morgan fingerprint density at radius 2 is 1.50 bits per heavy atom. The highest BCUT2D eigenvalue weighted by molar-refractivity contribution is 6.29. The molecule has 4 aromatic carbocycles. The van der Waals surface area contributed by atoms with E-state index in [0.29, 0.717) is 11.3 Å². The van der Waals surface area contributed by atoms with Gasteiger partial charge < -0.3 is 0 Å². The zero-order valence-corrected chi connectivity index (χ0v) is 15.9. The molecule has 30 heavy (non-hydrogen) atoms. The fourth-order valence-corrected chi connectivity index (χ4v) is 3.66. The maximum absolute atomic E-state index is 13.4. The minimum Gasteiger partial charge on any atom is -0.287 e. The van der Waals surface area contributed by atoms with Crippen LogP contribution in [0.1, 0.15) is 15.9 Å². The number of nitrogens with zero attached hydrogens (tertiary/aromatic N) is 3. The highest BCUT2D eigenvalue weighted by Gasteiger charge is 2.17. The van der Waals surface area contributed by atoms with Crippen LogP contribution in [0, 0.1) is 5.82 Å². The Morgan fingerprint density at radius 1 is 0.867 bits per heavy atom. The molecule has 0 unspecified atom stereocenters. The zero-order valence-electron chi connectivity index (χ0n) is 15.9. The minimum absolute atomic E-state index is 0.266. The van der Waals surface area contributed by atoms with E-state index < -0.39 is 5.82 Å². The van der Waals surface area contributed by atoms with E-state index in [9.17, 15) is 9.18 Å². The standard InChI is InChI=1S/C25H16FN3O/c26-20-11-9-17(10-12-20)25(30)24(29-16-27-15-28-29)14-23-21-7-3-1-5-18(21)13-19-6-2-4-8-22(19)23/h1-16H/b24-14+. The molecule has 4 nitrogen and oxygen atoms in total. The van der Waals surface area contributed by atoms with Crippen molar-refractivity contribution in [2.75, 3.05) is 0 Å². The number of hydrogen-bond acceptors (Lipinski definition) is 3. The summed E-state index contributed by atoms with van der Waals surface area (Å²) in [5, 5.41) is 8.39. The van der Waals surface area contributed by atoms with Crippen molar-refractivity contribution in [1.29, 1.82) is 0 Å². The van der Waals surface area contributed by atoms with Crippen molar-refractivity contribution in [2.24, 2.45) is 0 Å². The SMILES string of the molecule is O=C(/C(=C\c1c2ccccc2cc2ccccc12)n1cncn1)c1ccc(F)cc1. The molecule has 0 fully saturated rings. The number of benzene rings is 4. The van der Waals surface area contributed by atoms with Gasteiger partial charge in [-0.05, 0) is 63.5 Å². The van der Waals surface area contributed by atoms with Crippen LogP contribution < -0.4 is 0 Å². The van der Waals surface area contributed by atoms with Crippen molar-refractivity contribution in [3.8, 4) is 0 Å². The Morgan fingerprint density at radius 3 is 2.10 bits per heavy atom. The topological polar surface area (TPSA) is 47.8 Å². The first-order chi connectivity index (χ1) is 14.7. The first-order valence-corrected chi connectivity index (χ1v) is 9.48. The van der Waals surface area contributed by atoms with Crippen LogP contribution in [0.2, 0.25) is 0 Å². The van der Waals surface area contributed by atoms with Crippen LogP contribution in [-0.2, 0) is 0 Å². The van der Waals surface area contributed by atoms with E-state index in [2.05, 4.69) is 28.3 Å². The summed E-state index contributed by atoms with van der Waals surface area (Å²) < 4.78 is 14.8. The third-order valence-corrected chi connectivity index (χ3v) is 5.10. The summed E-state index contributed by atoms with van der Waals surface area (Å²) in [6.07, 6.45) is 4.71. The molecule has 0 spiro atoms. The van der Waals surface area contributed by atoms with Crippen LogP contribution in [0.25, 0.3) is 33.3 Å². The van der Waals surface area contributed by atoms with Gasteiger partial charge in [0.15, 0.2) is 0 Å². The third-order valence-electron chi connectivity index (χ3n) is 5.10. The van der Waals surface area contributed by atoms with Crippen molar-refractivity contribution in [3.05, 3.63) is 108 Å². The molecule has 1 aromatic heterocycles. The van der Waals surface area contributed by atoms with Gasteiger partial charge >= 0.3 is 0 Å². The molecule has 0 aliphatic heterocycles. The van der Waals surface area contributed by atoms with Crippen LogP contribution in [0.5, 0.6) is 0 Å². The lowest BCUT2D eigenvalue weighted by molar-refractivity contribution is 0.105. The normalized spacial score (nSPS) is 11.8. The Balaban J connectivity index is 1.79. The molecule has 0 N–H and O–H groups in total. The van der Waals surface area contributed by atoms with Gasteiger partial charge in [0.05, 0.1) is 0 Å². The predicted molar refractivity (Wildman–Crippen MR) is 116 cm³/mol. The predicted octanol–water partition coefficient (Wildman–Crippen LogP) is 5.60. The number of Topliss-reactive ketones (excluding diaryl/α,β-unsaturated/α-hetero) is 1. The fourth-order valence-electron chi connectivity index (χ4n) is 3.66. The maximum atomic E-state index is 13.4. The Labute approximate surface area is 171 Å². The molecule has 0 saturated carbocycles. The molecule has 0 saturated heterocycles. The molecule has 0 bridgehead atoms. The van der Waals surface area contributed by atoms with E-state index in [4.69, 9.17) is 0 Å². The number of allylic oxidation sites excluding steroid dienone is 1. The molecule has 5 rings (SSSR count). The van der Waals surface area contributed by atoms with Crippen LogP contribution in [0.4, 0.5) is 4.39 Å². The monoisotopic (exact) mass is 393 g/mol. The van der Waals surface area contributed by atoms with E-state index in [1.165, 1.54) is 41.6 Å². The van der Waals surface area contributed by atoms with Crippen molar-refractivity contribution in [1.82, 2.24) is 14.8 Å². The van der Waals surface area contributed by atoms with E-state index in [1.807, 2.05) is 42.5 Å². The van der Waals surface area contributed by atoms with Crippen LogP contribution in [0.15, 0.2) is 91.5 Å². The van der Waals surface area contributed by atoms with Gasteiger partial charge in [-0.1, -0.05) is 48.5 Å². The number of rotatable bonds is 4. The van der Waals surface area contributed by atoms with Gasteiger partial charge in [-0.25, -0.2) is 14.1 Å². The molecule has 0 aliphatic rings. The van der Waals surface area contributed by atoms with Gasteiger partial charge in [0, 0.05) is 5.56 Å². The molecule has 0 aliphatic carbocycles. The second-order valence-corrected chi connectivity index (χ2v) is 6.94. The Kier molecular flexibility index (Phi) is 4.41. The third kappa shape index (κ3) is 3.16. The summed E-state index contributed by atoms with van der Waals surface area (Å²) in [6.45, 7) is 0. The zero-order chi connectivity index (χ0) is 20.5. The molecule has 5 aromatic rings. The summed E-state index contributed by atoms with van der Waals surface area (Å²) in [7, 11) is 0. The smallest absolute Gasteiger partial charge is 0.211 e. The number of carbonyl (C=O) groups is 1. The lowest BCUT2D eigenvalue weighted by Gasteiger charge is -2.11. The van der Waals surface area contributed by atoms with Gasteiger partial charge in [0.25, 0.3) is 0 Å². The van der Waals surface area contributed by atoms with Gasteiger partial charge in [0.2, 0.25) is 5.78 Å². The summed E-state index contributed by atoms with van der Waals surface area (Å²) in [6, 6.07) is 23.8. The molecule has 0 amide bonds. The number of fused-ring (bicyclic) bond motifs is 2. The van der Waals surface area contributed by atoms with Gasteiger partial charge in [-0.3, -0.25) is 4.79 Å². The molecular weight excluding hydrogens is 377 g/mol. The Hall–Kier alpha value is -4.12. The molecule has 1 heterocycles. The minimum atomic E-state index is -0.391.